The number of hydrogen-bond donors (Lipinski definition) is 0. The van der Waals surface area contributed by atoms with Crippen LogP contribution in [0, 0.1) is 6.92 Å². The van der Waals surface area contributed by atoms with Crippen LogP contribution in [-0.2, 0) is 13.5 Å². The fraction of sp³-hybridized carbons (Fsp3) is 0.368. The Morgan fingerprint density at radius 3 is 2.73 bits per heavy atom. The number of aromatic nitrogens is 4. The molecule has 134 valence electrons. The zero-order valence-corrected chi connectivity index (χ0v) is 15.3. The largest absolute Gasteiger partial charge is 0.337 e. The quantitative estimate of drug-likeness (QED) is 0.724. The van der Waals surface area contributed by atoms with E-state index in [1.807, 2.05) is 52.1 Å². The number of hydrogen-bond acceptors (Lipinski definition) is 5. The van der Waals surface area contributed by atoms with Gasteiger partial charge in [-0.2, -0.15) is 10.1 Å². The molecule has 4 rings (SSSR count). The average Bonchev–Trinajstić information content (AvgIpc) is 3.31. The molecule has 0 radical (unpaired) electrons. The van der Waals surface area contributed by atoms with Gasteiger partial charge < -0.3 is 4.52 Å². The van der Waals surface area contributed by atoms with E-state index in [0.29, 0.717) is 23.8 Å². The SMILES string of the molecule is Cc1cc(C(=O)N2c3ccccc3CC2c2nc(C(C)C)no2)nn1C. The minimum Gasteiger partial charge on any atom is -0.337 e. The Labute approximate surface area is 151 Å². The standard InChI is InChI=1S/C19H21N5O2/c1-11(2)17-20-18(26-22-17)16-10-13-7-5-6-8-15(13)24(16)19(25)14-9-12(3)23(4)21-14/h5-9,11,16H,10H2,1-4H3. The molecule has 2 aromatic heterocycles. The number of aryl methyl sites for hydroxylation is 2. The molecule has 1 aromatic carbocycles. The van der Waals surface area contributed by atoms with Gasteiger partial charge in [0, 0.05) is 30.8 Å². The van der Waals surface area contributed by atoms with Crippen molar-refractivity contribution in [3.8, 4) is 0 Å². The first kappa shape index (κ1) is 16.5. The molecule has 1 aliphatic rings. The molecular weight excluding hydrogens is 330 g/mol. The van der Waals surface area contributed by atoms with Crippen molar-refractivity contribution in [1.82, 2.24) is 19.9 Å². The molecule has 0 N–H and O–H groups in total. The lowest BCUT2D eigenvalue weighted by Gasteiger charge is -2.22. The second-order valence-electron chi connectivity index (χ2n) is 6.96. The summed E-state index contributed by atoms with van der Waals surface area (Å²) < 4.78 is 7.21. The molecule has 3 aromatic rings. The Balaban J connectivity index is 1.77. The highest BCUT2D eigenvalue weighted by atomic mass is 16.5. The van der Waals surface area contributed by atoms with Crippen molar-refractivity contribution in [2.45, 2.75) is 39.2 Å². The van der Waals surface area contributed by atoms with Crippen LogP contribution in [0.2, 0.25) is 0 Å². The molecular formula is C19H21N5O2. The molecule has 1 atom stereocenters. The molecule has 0 saturated carbocycles. The normalized spacial score (nSPS) is 16.3. The van der Waals surface area contributed by atoms with E-state index in [9.17, 15) is 4.79 Å². The van der Waals surface area contributed by atoms with Crippen molar-refractivity contribution < 1.29 is 9.32 Å². The predicted molar refractivity (Wildman–Crippen MR) is 96.0 cm³/mol. The maximum absolute atomic E-state index is 13.3. The summed E-state index contributed by atoms with van der Waals surface area (Å²) >= 11 is 0. The number of amides is 1. The third kappa shape index (κ3) is 2.60. The van der Waals surface area contributed by atoms with Crippen molar-refractivity contribution in [2.24, 2.45) is 7.05 Å². The average molecular weight is 351 g/mol. The molecule has 0 spiro atoms. The number of fused-ring (bicyclic) bond motifs is 1. The summed E-state index contributed by atoms with van der Waals surface area (Å²) in [6.45, 7) is 5.95. The van der Waals surface area contributed by atoms with E-state index >= 15 is 0 Å². The molecule has 0 saturated heterocycles. The lowest BCUT2D eigenvalue weighted by atomic mass is 10.1. The number of rotatable bonds is 3. The predicted octanol–water partition coefficient (Wildman–Crippen LogP) is 3.18. The number of anilines is 1. The zero-order valence-electron chi connectivity index (χ0n) is 15.3. The molecule has 26 heavy (non-hydrogen) atoms. The highest BCUT2D eigenvalue weighted by Crippen LogP contribution is 2.40. The van der Waals surface area contributed by atoms with Crippen LogP contribution in [0.25, 0.3) is 0 Å². The van der Waals surface area contributed by atoms with E-state index in [4.69, 9.17) is 4.52 Å². The van der Waals surface area contributed by atoms with Gasteiger partial charge in [0.25, 0.3) is 5.91 Å². The molecule has 1 amide bonds. The third-order valence-electron chi connectivity index (χ3n) is 4.79. The fourth-order valence-corrected chi connectivity index (χ4v) is 3.24. The number of carbonyl (C=O) groups excluding carboxylic acids is 1. The number of benzene rings is 1. The van der Waals surface area contributed by atoms with Gasteiger partial charge in [0.1, 0.15) is 6.04 Å². The Bertz CT molecular complexity index is 952. The van der Waals surface area contributed by atoms with Gasteiger partial charge >= 0.3 is 0 Å². The Kier molecular flexibility index (Phi) is 3.86. The molecule has 1 unspecified atom stereocenters. The van der Waals surface area contributed by atoms with Gasteiger partial charge in [-0.05, 0) is 24.6 Å². The first-order valence-electron chi connectivity index (χ1n) is 8.71. The molecule has 0 bridgehead atoms. The summed E-state index contributed by atoms with van der Waals surface area (Å²) in [5.41, 5.74) is 3.30. The van der Waals surface area contributed by atoms with Gasteiger partial charge in [-0.25, -0.2) is 0 Å². The maximum atomic E-state index is 13.3. The molecule has 0 fully saturated rings. The van der Waals surface area contributed by atoms with E-state index in [1.165, 1.54) is 0 Å². The molecule has 3 heterocycles. The third-order valence-corrected chi connectivity index (χ3v) is 4.79. The van der Waals surface area contributed by atoms with E-state index in [1.54, 1.807) is 15.6 Å². The van der Waals surface area contributed by atoms with E-state index in [0.717, 1.165) is 16.9 Å². The minimum absolute atomic E-state index is 0.159. The molecule has 7 heteroatoms. The van der Waals surface area contributed by atoms with Crippen molar-refractivity contribution in [2.75, 3.05) is 4.90 Å². The highest BCUT2D eigenvalue weighted by Gasteiger charge is 2.39. The minimum atomic E-state index is -0.317. The summed E-state index contributed by atoms with van der Waals surface area (Å²) in [4.78, 5) is 19.5. The number of nitrogens with zero attached hydrogens (tertiary/aromatic N) is 5. The maximum Gasteiger partial charge on any atom is 0.279 e. The van der Waals surface area contributed by atoms with Gasteiger partial charge in [-0.1, -0.05) is 37.2 Å². The van der Waals surface area contributed by atoms with Crippen LogP contribution in [0.4, 0.5) is 5.69 Å². The zero-order chi connectivity index (χ0) is 18.4. The summed E-state index contributed by atoms with van der Waals surface area (Å²) in [5.74, 6) is 1.12. The Morgan fingerprint density at radius 2 is 2.08 bits per heavy atom. The van der Waals surface area contributed by atoms with Gasteiger partial charge in [0.05, 0.1) is 0 Å². The molecule has 7 nitrogen and oxygen atoms in total. The van der Waals surface area contributed by atoms with Crippen LogP contribution in [-0.4, -0.2) is 25.8 Å². The highest BCUT2D eigenvalue weighted by molar-refractivity contribution is 6.06. The Morgan fingerprint density at radius 1 is 1.31 bits per heavy atom. The second kappa shape index (κ2) is 6.09. The summed E-state index contributed by atoms with van der Waals surface area (Å²) in [5, 5.41) is 8.41. The van der Waals surface area contributed by atoms with Crippen LogP contribution in [0.3, 0.4) is 0 Å². The first-order chi connectivity index (χ1) is 12.5. The van der Waals surface area contributed by atoms with Gasteiger partial charge in [-0.15, -0.1) is 0 Å². The summed E-state index contributed by atoms with van der Waals surface area (Å²) in [6, 6.07) is 9.36. The van der Waals surface area contributed by atoms with Crippen LogP contribution < -0.4 is 4.90 Å². The lowest BCUT2D eigenvalue weighted by Crippen LogP contribution is -2.32. The van der Waals surface area contributed by atoms with Gasteiger partial charge in [0.15, 0.2) is 11.5 Å². The second-order valence-corrected chi connectivity index (χ2v) is 6.96. The van der Waals surface area contributed by atoms with Crippen LogP contribution >= 0.6 is 0 Å². The van der Waals surface area contributed by atoms with E-state index in [2.05, 4.69) is 15.2 Å². The molecule has 0 aliphatic carbocycles. The fourth-order valence-electron chi connectivity index (χ4n) is 3.24. The van der Waals surface area contributed by atoms with Crippen molar-refractivity contribution in [1.29, 1.82) is 0 Å². The van der Waals surface area contributed by atoms with Gasteiger partial charge in [-0.3, -0.25) is 14.4 Å². The first-order valence-corrected chi connectivity index (χ1v) is 8.71. The smallest absolute Gasteiger partial charge is 0.279 e. The van der Waals surface area contributed by atoms with Crippen molar-refractivity contribution in [3.63, 3.8) is 0 Å². The van der Waals surface area contributed by atoms with Crippen molar-refractivity contribution in [3.05, 3.63) is 59.0 Å². The monoisotopic (exact) mass is 351 g/mol. The van der Waals surface area contributed by atoms with Crippen LogP contribution in [0.1, 0.15) is 59.3 Å². The van der Waals surface area contributed by atoms with Gasteiger partial charge in [0.2, 0.25) is 5.89 Å². The number of carbonyl (C=O) groups is 1. The summed E-state index contributed by atoms with van der Waals surface area (Å²) in [7, 11) is 1.83. The van der Waals surface area contributed by atoms with E-state index in [-0.39, 0.29) is 17.9 Å². The van der Waals surface area contributed by atoms with Crippen LogP contribution in [0.5, 0.6) is 0 Å². The summed E-state index contributed by atoms with van der Waals surface area (Å²) in [6.07, 6.45) is 0.646. The van der Waals surface area contributed by atoms with Crippen molar-refractivity contribution >= 4 is 11.6 Å². The Hall–Kier alpha value is -2.96. The van der Waals surface area contributed by atoms with E-state index < -0.39 is 0 Å². The molecule has 1 aliphatic heterocycles. The van der Waals surface area contributed by atoms with Crippen LogP contribution in [0.15, 0.2) is 34.9 Å². The number of para-hydroxylation sites is 1. The topological polar surface area (TPSA) is 77.1 Å². The lowest BCUT2D eigenvalue weighted by molar-refractivity contribution is 0.0969.